The Morgan fingerprint density at radius 3 is 1.46 bits per heavy atom. The van der Waals surface area contributed by atoms with Gasteiger partial charge in [0.25, 0.3) is 0 Å². The number of aliphatic imine (C=N–C) groups is 2. The van der Waals surface area contributed by atoms with Gasteiger partial charge < -0.3 is 0 Å². The van der Waals surface area contributed by atoms with Gasteiger partial charge in [0, 0.05) is 29.9 Å². The fraction of sp³-hybridized carbons (Fsp3) is 0.622. The first kappa shape index (κ1) is 28.3. The van der Waals surface area contributed by atoms with Gasteiger partial charge in [-0.25, -0.2) is 0 Å². The molecule has 0 spiro atoms. The Labute approximate surface area is 238 Å². The monoisotopic (exact) mass is 524 g/mol. The minimum Gasteiger partial charge on any atom is -0.289 e. The summed E-state index contributed by atoms with van der Waals surface area (Å²) in [5.41, 5.74) is 8.78. The first-order valence-corrected chi connectivity index (χ1v) is 16.6. The second-order valence-corrected chi connectivity index (χ2v) is 12.7. The Morgan fingerprint density at radius 2 is 1.05 bits per heavy atom. The van der Waals surface area contributed by atoms with Crippen LogP contribution in [0.25, 0.3) is 11.1 Å². The van der Waals surface area contributed by atoms with Gasteiger partial charge in [-0.1, -0.05) is 115 Å². The molecule has 3 aliphatic carbocycles. The van der Waals surface area contributed by atoms with Crippen molar-refractivity contribution in [1.29, 1.82) is 0 Å². The van der Waals surface area contributed by atoms with Crippen LogP contribution in [0.1, 0.15) is 152 Å². The minimum atomic E-state index is 0.112. The molecule has 0 heterocycles. The second kappa shape index (κ2) is 13.9. The summed E-state index contributed by atoms with van der Waals surface area (Å²) in [5, 5.41) is 0. The van der Waals surface area contributed by atoms with Gasteiger partial charge in [-0.2, -0.15) is 0 Å². The molecule has 0 aliphatic heterocycles. The van der Waals surface area contributed by atoms with Crippen LogP contribution in [0.2, 0.25) is 0 Å². The van der Waals surface area contributed by atoms with Crippen molar-refractivity contribution in [1.82, 2.24) is 0 Å². The van der Waals surface area contributed by atoms with Crippen LogP contribution >= 0.6 is 0 Å². The third-order valence-corrected chi connectivity index (χ3v) is 9.84. The summed E-state index contributed by atoms with van der Waals surface area (Å²) in [7, 11) is 0. The molecule has 5 rings (SSSR count). The van der Waals surface area contributed by atoms with Crippen LogP contribution in [-0.4, -0.2) is 24.5 Å². The Balaban J connectivity index is 1.52. The number of rotatable bonds is 14. The molecule has 0 atom stereocenters. The van der Waals surface area contributed by atoms with Gasteiger partial charge in [-0.05, 0) is 84.0 Å². The zero-order valence-electron chi connectivity index (χ0n) is 24.9. The predicted molar refractivity (Wildman–Crippen MR) is 170 cm³/mol. The van der Waals surface area contributed by atoms with Crippen LogP contribution in [0, 0.1) is 0 Å². The fourth-order valence-corrected chi connectivity index (χ4v) is 7.55. The van der Waals surface area contributed by atoms with Crippen molar-refractivity contribution in [2.45, 2.75) is 147 Å². The molecule has 0 saturated heterocycles. The van der Waals surface area contributed by atoms with E-state index in [4.69, 9.17) is 9.98 Å². The Bertz CT molecular complexity index is 1020. The summed E-state index contributed by atoms with van der Waals surface area (Å²) in [4.78, 5) is 10.0. The fourth-order valence-electron chi connectivity index (χ4n) is 7.55. The lowest BCUT2D eigenvalue weighted by molar-refractivity contribution is 0.401. The highest BCUT2D eigenvalue weighted by molar-refractivity contribution is 5.89. The minimum absolute atomic E-state index is 0.112. The van der Waals surface area contributed by atoms with E-state index in [1.54, 1.807) is 11.1 Å². The van der Waals surface area contributed by atoms with Crippen LogP contribution < -0.4 is 0 Å². The van der Waals surface area contributed by atoms with Gasteiger partial charge in [-0.15, -0.1) is 0 Å². The smallest absolute Gasteiger partial charge is 0.0499 e. The van der Waals surface area contributed by atoms with E-state index in [0.717, 1.165) is 0 Å². The Morgan fingerprint density at radius 1 is 0.615 bits per heavy atom. The molecule has 39 heavy (non-hydrogen) atoms. The first-order valence-electron chi connectivity index (χ1n) is 16.6. The van der Waals surface area contributed by atoms with Crippen LogP contribution in [-0.2, 0) is 5.41 Å². The number of benzene rings is 2. The number of nitrogens with zero attached hydrogens (tertiary/aromatic N) is 2. The number of hydrogen-bond donors (Lipinski definition) is 0. The van der Waals surface area contributed by atoms with Crippen LogP contribution in [0.5, 0.6) is 0 Å². The molecule has 210 valence electrons. The maximum Gasteiger partial charge on any atom is 0.0499 e. The summed E-state index contributed by atoms with van der Waals surface area (Å²) in [6.07, 6.45) is 27.9. The molecular weight excluding hydrogens is 472 g/mol. The SMILES string of the molecule is CCCCCCC1(CCCCCC)c2cc(C=NC3CCCC3)ccc2-c2ccc(C=NC3CCCC3)cc21. The third kappa shape index (κ3) is 6.75. The highest BCUT2D eigenvalue weighted by Gasteiger charge is 2.42. The number of fused-ring (bicyclic) bond motifs is 3. The van der Waals surface area contributed by atoms with Crippen molar-refractivity contribution < 1.29 is 0 Å². The Hall–Kier alpha value is -2.22. The zero-order valence-corrected chi connectivity index (χ0v) is 24.9. The molecule has 2 heteroatoms. The van der Waals surface area contributed by atoms with Gasteiger partial charge >= 0.3 is 0 Å². The molecule has 2 aromatic carbocycles. The van der Waals surface area contributed by atoms with Gasteiger partial charge in [0.1, 0.15) is 0 Å². The maximum absolute atomic E-state index is 5.02. The topological polar surface area (TPSA) is 24.7 Å². The number of unbranched alkanes of at least 4 members (excludes halogenated alkanes) is 6. The first-order chi connectivity index (χ1) is 19.2. The molecule has 0 amide bonds. The lowest BCUT2D eigenvalue weighted by Gasteiger charge is -2.33. The summed E-state index contributed by atoms with van der Waals surface area (Å²) < 4.78 is 0. The maximum atomic E-state index is 5.02. The van der Waals surface area contributed by atoms with Gasteiger partial charge in [0.05, 0.1) is 0 Å². The lowest BCUT2D eigenvalue weighted by Crippen LogP contribution is -2.26. The quantitative estimate of drug-likeness (QED) is 0.173. The van der Waals surface area contributed by atoms with Gasteiger partial charge in [0.15, 0.2) is 0 Å². The zero-order chi connectivity index (χ0) is 26.9. The largest absolute Gasteiger partial charge is 0.289 e. The molecule has 0 N–H and O–H groups in total. The van der Waals surface area contributed by atoms with E-state index in [9.17, 15) is 0 Å². The lowest BCUT2D eigenvalue weighted by atomic mass is 9.70. The molecule has 2 fully saturated rings. The van der Waals surface area contributed by atoms with Gasteiger partial charge in [-0.3, -0.25) is 9.98 Å². The van der Waals surface area contributed by atoms with Crippen molar-refractivity contribution >= 4 is 12.4 Å². The molecule has 0 aromatic heterocycles. The van der Waals surface area contributed by atoms with E-state index in [1.807, 2.05) is 0 Å². The van der Waals surface area contributed by atoms with Crippen molar-refractivity contribution in [3.05, 3.63) is 58.7 Å². The van der Waals surface area contributed by atoms with E-state index in [2.05, 4.69) is 62.7 Å². The van der Waals surface area contributed by atoms with Crippen molar-refractivity contribution in [3.63, 3.8) is 0 Å². The summed E-state index contributed by atoms with van der Waals surface area (Å²) in [6.45, 7) is 4.65. The molecule has 0 unspecified atom stereocenters. The van der Waals surface area contributed by atoms with E-state index in [-0.39, 0.29) is 5.41 Å². The van der Waals surface area contributed by atoms with Gasteiger partial charge in [0.2, 0.25) is 0 Å². The van der Waals surface area contributed by atoms with Crippen LogP contribution in [0.3, 0.4) is 0 Å². The van der Waals surface area contributed by atoms with Crippen molar-refractivity contribution in [2.75, 3.05) is 0 Å². The normalized spacial score (nSPS) is 19.0. The highest BCUT2D eigenvalue weighted by atomic mass is 14.8. The molecule has 0 bridgehead atoms. The standard InChI is InChI=1S/C37H52N2/c1-3-5-7-13-23-37(24-14-8-6-4-2)35-25-29(27-38-31-15-9-10-16-31)19-21-33(35)34-22-20-30(26-36(34)37)28-39-32-17-11-12-18-32/h19-22,25-28,31-32H,3-18,23-24H2,1-2H3. The molecule has 2 saturated carbocycles. The molecule has 0 radical (unpaired) electrons. The molecular formula is C37H52N2. The average molecular weight is 525 g/mol. The van der Waals surface area contributed by atoms with Crippen LogP contribution in [0.15, 0.2) is 46.4 Å². The van der Waals surface area contributed by atoms with E-state index in [1.165, 1.54) is 138 Å². The summed E-state index contributed by atoms with van der Waals surface area (Å²) in [5.74, 6) is 0. The average Bonchev–Trinajstić information content (AvgIpc) is 3.73. The molecule has 2 aromatic rings. The Kier molecular flexibility index (Phi) is 10.1. The van der Waals surface area contributed by atoms with E-state index in [0.29, 0.717) is 12.1 Å². The third-order valence-electron chi connectivity index (χ3n) is 9.84. The molecule has 2 nitrogen and oxygen atoms in total. The second-order valence-electron chi connectivity index (χ2n) is 12.7. The van der Waals surface area contributed by atoms with Crippen molar-refractivity contribution in [2.24, 2.45) is 9.98 Å². The van der Waals surface area contributed by atoms with E-state index >= 15 is 0 Å². The highest BCUT2D eigenvalue weighted by Crippen LogP contribution is 2.54. The molecule has 3 aliphatic rings. The number of hydrogen-bond acceptors (Lipinski definition) is 2. The summed E-state index contributed by atoms with van der Waals surface area (Å²) >= 11 is 0. The predicted octanol–water partition coefficient (Wildman–Crippen LogP) is 10.6. The summed E-state index contributed by atoms with van der Waals surface area (Å²) in [6, 6.07) is 15.6. The van der Waals surface area contributed by atoms with E-state index < -0.39 is 0 Å². The van der Waals surface area contributed by atoms with Crippen LogP contribution in [0.4, 0.5) is 0 Å². The van der Waals surface area contributed by atoms with Crippen molar-refractivity contribution in [3.8, 4) is 11.1 Å².